The molecule has 0 atom stereocenters. The average molecular weight is 392 g/mol. The smallest absolute Gasteiger partial charge is 0.340 e. The van der Waals surface area contributed by atoms with Crippen LogP contribution in [0.5, 0.6) is 5.75 Å². The van der Waals surface area contributed by atoms with E-state index in [-0.39, 0.29) is 17.7 Å². The molecule has 0 spiro atoms. The summed E-state index contributed by atoms with van der Waals surface area (Å²) in [6.07, 6.45) is 1.19. The number of hydrogen-bond donors (Lipinski definition) is 0. The van der Waals surface area contributed by atoms with E-state index in [4.69, 9.17) is 4.74 Å². The van der Waals surface area contributed by atoms with Crippen LogP contribution < -0.4 is 5.11 Å². The van der Waals surface area contributed by atoms with Gasteiger partial charge in [-0.2, -0.15) is 0 Å². The van der Waals surface area contributed by atoms with Gasteiger partial charge in [-0.15, -0.1) is 0 Å². The van der Waals surface area contributed by atoms with Crippen LogP contribution in [0, 0.1) is 10.1 Å². The van der Waals surface area contributed by atoms with Gasteiger partial charge in [0.2, 0.25) is 0 Å². The monoisotopic (exact) mass is 391 g/mol. The number of rotatable bonds is 5. The number of halogens is 1. The molecule has 124 valence electrons. The Bertz CT molecular complexity index is 820. The third kappa shape index (κ3) is 3.96. The van der Waals surface area contributed by atoms with Gasteiger partial charge in [0, 0.05) is 16.8 Å². The molecule has 0 N–H and O–H groups in total. The maximum atomic E-state index is 12.1. The Morgan fingerprint density at radius 2 is 2.08 bits per heavy atom. The van der Waals surface area contributed by atoms with E-state index in [0.29, 0.717) is 10.2 Å². The van der Waals surface area contributed by atoms with Crippen molar-refractivity contribution in [2.24, 2.45) is 4.99 Å². The molecule has 0 heterocycles. The lowest BCUT2D eigenvalue weighted by Crippen LogP contribution is -2.05. The predicted octanol–water partition coefficient (Wildman–Crippen LogP) is 3.36. The summed E-state index contributed by atoms with van der Waals surface area (Å²) in [5.74, 6) is -1.28. The molecule has 0 bridgehead atoms. The van der Waals surface area contributed by atoms with Crippen LogP contribution in [0.15, 0.2) is 45.9 Å². The first-order valence-electron chi connectivity index (χ1n) is 6.89. The highest BCUT2D eigenvalue weighted by Gasteiger charge is 2.13. The van der Waals surface area contributed by atoms with Gasteiger partial charge in [-0.05, 0) is 36.4 Å². The van der Waals surface area contributed by atoms with Crippen LogP contribution in [0.2, 0.25) is 0 Å². The van der Waals surface area contributed by atoms with Gasteiger partial charge in [0.15, 0.2) is 0 Å². The topological polar surface area (TPSA) is 105 Å². The molecule has 2 aromatic rings. The third-order valence-corrected chi connectivity index (χ3v) is 3.46. The van der Waals surface area contributed by atoms with Crippen molar-refractivity contribution in [1.82, 2.24) is 0 Å². The second kappa shape index (κ2) is 7.69. The summed E-state index contributed by atoms with van der Waals surface area (Å²) in [5.41, 5.74) is 0.0322. The molecule has 0 aliphatic heterocycles. The Balaban J connectivity index is 2.43. The molecule has 8 heteroatoms. The van der Waals surface area contributed by atoms with Crippen LogP contribution >= 0.6 is 15.9 Å². The van der Waals surface area contributed by atoms with Crippen molar-refractivity contribution in [3.63, 3.8) is 0 Å². The van der Waals surface area contributed by atoms with Gasteiger partial charge in [0.25, 0.3) is 5.69 Å². The Kier molecular flexibility index (Phi) is 5.64. The molecule has 2 aromatic carbocycles. The Labute approximate surface area is 145 Å². The zero-order chi connectivity index (χ0) is 17.7. The lowest BCUT2D eigenvalue weighted by Gasteiger charge is -2.11. The van der Waals surface area contributed by atoms with Crippen LogP contribution in [0.1, 0.15) is 22.8 Å². The lowest BCUT2D eigenvalue weighted by atomic mass is 10.1. The molecule has 24 heavy (non-hydrogen) atoms. The van der Waals surface area contributed by atoms with Crippen LogP contribution in [-0.2, 0) is 4.74 Å². The van der Waals surface area contributed by atoms with E-state index in [9.17, 15) is 20.0 Å². The number of carbonyl (C=O) groups excluding carboxylic acids is 1. The number of carbonyl (C=O) groups is 1. The van der Waals surface area contributed by atoms with E-state index in [0.717, 1.165) is 6.07 Å². The normalized spacial score (nSPS) is 10.8. The predicted molar refractivity (Wildman–Crippen MR) is 89.9 cm³/mol. The molecule has 0 saturated carbocycles. The minimum atomic E-state index is -0.753. The second-order valence-corrected chi connectivity index (χ2v) is 5.51. The minimum Gasteiger partial charge on any atom is -0.867 e. The van der Waals surface area contributed by atoms with Crippen molar-refractivity contribution >= 4 is 39.5 Å². The SMILES string of the molecule is CCOC(=O)c1ccccc1N=Cc1cc(Br)cc([N+](=O)[O-])c1[O-]. The zero-order valence-electron chi connectivity index (χ0n) is 12.6. The molecule has 0 saturated heterocycles. The summed E-state index contributed by atoms with van der Waals surface area (Å²) in [6.45, 7) is 1.91. The van der Waals surface area contributed by atoms with Gasteiger partial charge in [-0.25, -0.2) is 4.79 Å². The van der Waals surface area contributed by atoms with Crippen molar-refractivity contribution in [2.75, 3.05) is 6.61 Å². The number of aliphatic imine (C=N–C) groups is 1. The maximum Gasteiger partial charge on any atom is 0.340 e. The van der Waals surface area contributed by atoms with Crippen molar-refractivity contribution < 1.29 is 19.6 Å². The summed E-state index contributed by atoms with van der Waals surface area (Å²) in [5, 5.41) is 23.0. The third-order valence-electron chi connectivity index (χ3n) is 3.00. The molecule has 0 unspecified atom stereocenters. The summed E-state index contributed by atoms with van der Waals surface area (Å²) < 4.78 is 5.33. The molecule has 2 rings (SSSR count). The quantitative estimate of drug-likeness (QED) is 0.336. The van der Waals surface area contributed by atoms with Gasteiger partial charge >= 0.3 is 5.97 Å². The van der Waals surface area contributed by atoms with E-state index >= 15 is 0 Å². The Hall–Kier alpha value is -2.74. The minimum absolute atomic E-state index is 0.0368. The summed E-state index contributed by atoms with van der Waals surface area (Å²) in [7, 11) is 0. The number of esters is 1. The molecule has 7 nitrogen and oxygen atoms in total. The molecular formula is C16H12BrN2O5-. The van der Waals surface area contributed by atoms with Crippen molar-refractivity contribution in [1.29, 1.82) is 0 Å². The van der Waals surface area contributed by atoms with Gasteiger partial charge < -0.3 is 9.84 Å². The standard InChI is InChI=1S/C16H13BrN2O5/c1-2-24-16(21)12-5-3-4-6-13(12)18-9-10-7-11(17)8-14(15(10)20)19(22)23/h3-9,20H,2H2,1H3/p-1. The van der Waals surface area contributed by atoms with E-state index in [1.54, 1.807) is 31.2 Å². The van der Waals surface area contributed by atoms with Gasteiger partial charge in [0.05, 0.1) is 22.8 Å². The van der Waals surface area contributed by atoms with E-state index < -0.39 is 22.3 Å². The molecule has 0 fully saturated rings. The zero-order valence-corrected chi connectivity index (χ0v) is 14.1. The summed E-state index contributed by atoms with van der Waals surface area (Å²) in [6, 6.07) is 9.02. The first-order chi connectivity index (χ1) is 11.4. The number of ether oxygens (including phenoxy) is 1. The highest BCUT2D eigenvalue weighted by molar-refractivity contribution is 9.10. The van der Waals surface area contributed by atoms with Crippen LogP contribution in [0.3, 0.4) is 0 Å². The highest BCUT2D eigenvalue weighted by Crippen LogP contribution is 2.31. The molecular weight excluding hydrogens is 380 g/mol. The molecule has 0 amide bonds. The number of benzene rings is 2. The van der Waals surface area contributed by atoms with Crippen molar-refractivity contribution in [3.8, 4) is 5.75 Å². The van der Waals surface area contributed by atoms with E-state index in [1.807, 2.05) is 0 Å². The summed E-state index contributed by atoms with van der Waals surface area (Å²) >= 11 is 3.12. The molecule has 0 aliphatic rings. The lowest BCUT2D eigenvalue weighted by molar-refractivity contribution is -0.398. The van der Waals surface area contributed by atoms with Gasteiger partial charge in [-0.3, -0.25) is 15.1 Å². The largest absolute Gasteiger partial charge is 0.867 e. The molecule has 0 aromatic heterocycles. The number of hydrogen-bond acceptors (Lipinski definition) is 6. The molecule has 0 aliphatic carbocycles. The fourth-order valence-electron chi connectivity index (χ4n) is 1.94. The average Bonchev–Trinajstić information content (AvgIpc) is 2.55. The number of nitro benzene ring substituents is 1. The Morgan fingerprint density at radius 3 is 2.75 bits per heavy atom. The maximum absolute atomic E-state index is 12.1. The van der Waals surface area contributed by atoms with E-state index in [1.165, 1.54) is 12.3 Å². The van der Waals surface area contributed by atoms with Crippen molar-refractivity contribution in [3.05, 3.63) is 62.1 Å². The van der Waals surface area contributed by atoms with E-state index in [2.05, 4.69) is 20.9 Å². The fraction of sp³-hybridized carbons (Fsp3) is 0.125. The number of nitrogens with zero attached hydrogens (tertiary/aromatic N) is 2. The van der Waals surface area contributed by atoms with Crippen LogP contribution in [0.25, 0.3) is 0 Å². The first kappa shape index (κ1) is 17.6. The summed E-state index contributed by atoms with van der Waals surface area (Å²) in [4.78, 5) is 26.1. The number of nitro groups is 1. The van der Waals surface area contributed by atoms with Crippen molar-refractivity contribution in [2.45, 2.75) is 6.92 Å². The first-order valence-corrected chi connectivity index (χ1v) is 7.68. The fourth-order valence-corrected chi connectivity index (χ4v) is 2.40. The van der Waals surface area contributed by atoms with Crippen LogP contribution in [0.4, 0.5) is 11.4 Å². The second-order valence-electron chi connectivity index (χ2n) is 4.60. The van der Waals surface area contributed by atoms with Gasteiger partial charge in [0.1, 0.15) is 0 Å². The van der Waals surface area contributed by atoms with Gasteiger partial charge in [-0.1, -0.05) is 28.1 Å². The highest BCUT2D eigenvalue weighted by atomic mass is 79.9. The number of para-hydroxylation sites is 1. The Morgan fingerprint density at radius 1 is 1.38 bits per heavy atom. The van der Waals surface area contributed by atoms with Crippen LogP contribution in [-0.4, -0.2) is 23.7 Å². The molecule has 0 radical (unpaired) electrons.